The van der Waals surface area contributed by atoms with Gasteiger partial charge in [-0.05, 0) is 75.4 Å². The number of hydrogen-bond acceptors (Lipinski definition) is 8. The Morgan fingerprint density at radius 2 is 1.87 bits per heavy atom. The highest BCUT2D eigenvalue weighted by molar-refractivity contribution is 7.83. The number of fused-ring (bicyclic) bond motifs is 1. The van der Waals surface area contributed by atoms with Gasteiger partial charge in [0.25, 0.3) is 0 Å². The van der Waals surface area contributed by atoms with Gasteiger partial charge in [-0.25, -0.2) is 23.1 Å². The molecule has 6 rings (SSSR count). The summed E-state index contributed by atoms with van der Waals surface area (Å²) in [6, 6.07) is 23.6. The molecule has 3 aromatic heterocycles. The van der Waals surface area contributed by atoms with Crippen LogP contribution in [0.1, 0.15) is 18.4 Å². The minimum absolute atomic E-state index is 0.125. The second kappa shape index (κ2) is 14.6. The van der Waals surface area contributed by atoms with Crippen LogP contribution in [0.5, 0.6) is 0 Å². The molecule has 2 N–H and O–H groups in total. The highest BCUT2D eigenvalue weighted by Gasteiger charge is 2.21. The second-order valence-electron chi connectivity index (χ2n) is 11.7. The molecule has 10 nitrogen and oxygen atoms in total. The molecule has 0 spiro atoms. The van der Waals surface area contributed by atoms with Gasteiger partial charge in [-0.3, -0.25) is 9.69 Å². The summed E-state index contributed by atoms with van der Waals surface area (Å²) in [4.78, 5) is 31.0. The topological polar surface area (TPSA) is 108 Å². The van der Waals surface area contributed by atoms with Crippen molar-refractivity contribution in [1.82, 2.24) is 28.7 Å². The molecule has 0 radical (unpaired) electrons. The fourth-order valence-corrected chi connectivity index (χ4v) is 6.65. The van der Waals surface area contributed by atoms with Crippen LogP contribution in [0, 0.1) is 0 Å². The zero-order valence-electron chi connectivity index (χ0n) is 26.0. The quantitative estimate of drug-likeness (QED) is 0.191. The van der Waals surface area contributed by atoms with Crippen LogP contribution in [-0.4, -0.2) is 78.6 Å². The highest BCUT2D eigenvalue weighted by Crippen LogP contribution is 2.25. The first kappa shape index (κ1) is 31.3. The van der Waals surface area contributed by atoms with E-state index in [0.717, 1.165) is 72.1 Å². The molecular weight excluding hydrogens is 597 g/mol. The number of benzene rings is 2. The van der Waals surface area contributed by atoms with Crippen LogP contribution in [0.2, 0.25) is 0 Å². The molecule has 2 aromatic carbocycles. The van der Waals surface area contributed by atoms with Gasteiger partial charge in [0.15, 0.2) is 16.6 Å². The van der Waals surface area contributed by atoms with E-state index in [9.17, 15) is 9.00 Å². The predicted molar refractivity (Wildman–Crippen MR) is 184 cm³/mol. The largest absolute Gasteiger partial charge is 0.366 e. The van der Waals surface area contributed by atoms with Crippen LogP contribution in [0.3, 0.4) is 0 Å². The third kappa shape index (κ3) is 7.92. The molecule has 2 atom stereocenters. The summed E-state index contributed by atoms with van der Waals surface area (Å²) >= 11 is 0. The summed E-state index contributed by atoms with van der Waals surface area (Å²) in [7, 11) is 2.55. The Morgan fingerprint density at radius 3 is 2.67 bits per heavy atom. The third-order valence-electron chi connectivity index (χ3n) is 7.80. The Hall–Kier alpha value is -4.71. The second-order valence-corrected chi connectivity index (χ2v) is 13.1. The summed E-state index contributed by atoms with van der Waals surface area (Å²) < 4.78 is 14.8. The van der Waals surface area contributed by atoms with Gasteiger partial charge in [-0.15, -0.1) is 0 Å². The van der Waals surface area contributed by atoms with Crippen molar-refractivity contribution < 1.29 is 9.00 Å². The minimum atomic E-state index is -1.38. The van der Waals surface area contributed by atoms with Crippen LogP contribution >= 0.6 is 0 Å². The minimum Gasteiger partial charge on any atom is -0.366 e. The zero-order chi connectivity index (χ0) is 31.9. The van der Waals surface area contributed by atoms with Gasteiger partial charge in [-0.2, -0.15) is 0 Å². The van der Waals surface area contributed by atoms with Gasteiger partial charge >= 0.3 is 0 Å². The van der Waals surface area contributed by atoms with Crippen molar-refractivity contribution in [1.29, 1.82) is 0 Å². The van der Waals surface area contributed by atoms with E-state index in [0.29, 0.717) is 5.65 Å². The molecule has 1 saturated heterocycles. The number of piperidine rings is 1. The van der Waals surface area contributed by atoms with Crippen molar-refractivity contribution >= 4 is 39.4 Å². The zero-order valence-corrected chi connectivity index (χ0v) is 26.9. The summed E-state index contributed by atoms with van der Waals surface area (Å²) in [5, 5.41) is 7.43. The van der Waals surface area contributed by atoms with Gasteiger partial charge in [-0.1, -0.05) is 36.4 Å². The first-order valence-corrected chi connectivity index (χ1v) is 16.5. The van der Waals surface area contributed by atoms with E-state index < -0.39 is 11.0 Å². The number of likely N-dealkylation sites (N-methyl/N-ethyl adjacent to an activating group) is 1. The Labute approximate surface area is 271 Å². The SMILES string of the molecule is CN(C)C/C=C/C(=O)Nc1ccc(CN2CCCC(Nc3cc(-c4cnc5c(ccn5S(=O)c5ccccc5)c4)ncn3)C2)cc1. The van der Waals surface area contributed by atoms with E-state index in [4.69, 9.17) is 0 Å². The van der Waals surface area contributed by atoms with Crippen molar-refractivity contribution in [3.05, 3.63) is 109 Å². The molecule has 5 aromatic rings. The Balaban J connectivity index is 1.06. The first-order chi connectivity index (χ1) is 22.4. The number of rotatable bonds is 11. The summed E-state index contributed by atoms with van der Waals surface area (Å²) in [5.41, 5.74) is 4.30. The van der Waals surface area contributed by atoms with Crippen LogP contribution in [-0.2, 0) is 22.3 Å². The smallest absolute Gasteiger partial charge is 0.248 e. The van der Waals surface area contributed by atoms with Gasteiger partial charge in [0, 0.05) is 66.8 Å². The van der Waals surface area contributed by atoms with Gasteiger partial charge in [0.05, 0.1) is 10.6 Å². The number of aromatic nitrogens is 4. The number of nitrogens with zero attached hydrogens (tertiary/aromatic N) is 6. The van der Waals surface area contributed by atoms with E-state index >= 15 is 0 Å². The fraction of sp³-hybridized carbons (Fsp3) is 0.257. The number of anilines is 2. The molecule has 1 aliphatic heterocycles. The lowest BCUT2D eigenvalue weighted by atomic mass is 10.0. The highest BCUT2D eigenvalue weighted by atomic mass is 32.2. The molecule has 0 saturated carbocycles. The number of carbonyl (C=O) groups excluding carboxylic acids is 1. The maximum Gasteiger partial charge on any atom is 0.248 e. The molecule has 0 bridgehead atoms. The van der Waals surface area contributed by atoms with Crippen LogP contribution in [0.15, 0.2) is 109 Å². The number of nitrogens with one attached hydrogen (secondary N) is 2. The monoisotopic (exact) mass is 634 g/mol. The average molecular weight is 635 g/mol. The number of hydrogen-bond donors (Lipinski definition) is 2. The third-order valence-corrected chi connectivity index (χ3v) is 9.13. The van der Waals surface area contributed by atoms with Crippen molar-refractivity contribution in [2.45, 2.75) is 30.3 Å². The van der Waals surface area contributed by atoms with E-state index in [-0.39, 0.29) is 11.9 Å². The molecule has 1 aliphatic rings. The van der Waals surface area contributed by atoms with Gasteiger partial charge in [0.1, 0.15) is 12.1 Å². The van der Waals surface area contributed by atoms with Crippen LogP contribution in [0.25, 0.3) is 22.3 Å². The summed E-state index contributed by atoms with van der Waals surface area (Å²) in [6.45, 7) is 3.49. The lowest BCUT2D eigenvalue weighted by molar-refractivity contribution is -0.111. The Bertz CT molecular complexity index is 1840. The van der Waals surface area contributed by atoms with Crippen LogP contribution in [0.4, 0.5) is 11.5 Å². The maximum absolute atomic E-state index is 13.1. The van der Waals surface area contributed by atoms with Crippen molar-refractivity contribution in [2.75, 3.05) is 44.4 Å². The molecule has 0 aliphatic carbocycles. The van der Waals surface area contributed by atoms with Crippen molar-refractivity contribution in [3.63, 3.8) is 0 Å². The van der Waals surface area contributed by atoms with Gasteiger partial charge < -0.3 is 15.5 Å². The van der Waals surface area contributed by atoms with E-state index in [1.807, 2.05) is 91.9 Å². The van der Waals surface area contributed by atoms with E-state index in [1.165, 1.54) is 5.56 Å². The first-order valence-electron chi connectivity index (χ1n) is 15.4. The van der Waals surface area contributed by atoms with Crippen molar-refractivity contribution in [2.24, 2.45) is 0 Å². The van der Waals surface area contributed by atoms with Crippen LogP contribution < -0.4 is 10.6 Å². The molecule has 236 valence electrons. The Kier molecular flexibility index (Phi) is 9.92. The number of pyridine rings is 1. The molecule has 1 fully saturated rings. The molecule has 46 heavy (non-hydrogen) atoms. The fourth-order valence-electron chi connectivity index (χ4n) is 5.55. The molecule has 4 heterocycles. The Morgan fingerprint density at radius 1 is 1.04 bits per heavy atom. The van der Waals surface area contributed by atoms with E-state index in [2.05, 4.69) is 42.6 Å². The summed E-state index contributed by atoms with van der Waals surface area (Å²) in [5.74, 6) is 0.652. The van der Waals surface area contributed by atoms with Crippen molar-refractivity contribution in [3.8, 4) is 11.3 Å². The summed E-state index contributed by atoms with van der Waals surface area (Å²) in [6.07, 6.45) is 10.7. The molecule has 11 heteroatoms. The predicted octanol–water partition coefficient (Wildman–Crippen LogP) is 5.20. The standard InChI is InChI=1S/C35H38N8O2S/c1-41(2)17-7-11-34(44)40-29-14-12-26(13-15-29)23-42-18-6-8-30(24-42)39-33-21-32(37-25-38-33)28-20-27-16-19-43(35(27)36-22-28)46(45)31-9-4-3-5-10-31/h3-5,7,9-16,19-22,25,30H,6,8,17-18,23-24H2,1-2H3,(H,40,44)(H,37,38,39)/b11-7+. The molecule has 2 unspecified atom stereocenters. The number of carbonyl (C=O) groups is 1. The molecular formula is C35H38N8O2S. The van der Waals surface area contributed by atoms with E-state index in [1.54, 1.807) is 22.6 Å². The average Bonchev–Trinajstić information content (AvgIpc) is 3.49. The number of amides is 1. The molecule has 1 amide bonds. The maximum atomic E-state index is 13.1. The normalized spacial score (nSPS) is 16.2. The lowest BCUT2D eigenvalue weighted by Gasteiger charge is -2.33. The lowest BCUT2D eigenvalue weighted by Crippen LogP contribution is -2.41. The van der Waals surface area contributed by atoms with Gasteiger partial charge in [0.2, 0.25) is 5.91 Å². The number of likely N-dealkylation sites (tertiary alicyclic amines) is 1.